The van der Waals surface area contributed by atoms with Crippen molar-refractivity contribution in [3.05, 3.63) is 108 Å². The van der Waals surface area contributed by atoms with Crippen LogP contribution in [0.3, 0.4) is 0 Å². The molecule has 0 bridgehead atoms. The van der Waals surface area contributed by atoms with Crippen LogP contribution in [0.5, 0.6) is 0 Å². The fourth-order valence-electron chi connectivity index (χ4n) is 4.67. The second-order valence-corrected chi connectivity index (χ2v) is 8.20. The maximum Gasteiger partial charge on any atom is 0.0461 e. The molecule has 0 amide bonds. The Morgan fingerprint density at radius 1 is 0.750 bits per heavy atom. The summed E-state index contributed by atoms with van der Waals surface area (Å²) < 4.78 is 0. The summed E-state index contributed by atoms with van der Waals surface area (Å²) in [5, 5.41) is 0. The van der Waals surface area contributed by atoms with E-state index in [9.17, 15) is 0 Å². The molecule has 28 heavy (non-hydrogen) atoms. The van der Waals surface area contributed by atoms with Gasteiger partial charge in [0, 0.05) is 22.5 Å². The summed E-state index contributed by atoms with van der Waals surface area (Å²) in [5.41, 5.74) is 9.42. The Balaban J connectivity index is 1.67. The molecule has 0 aliphatic heterocycles. The lowest BCUT2D eigenvalue weighted by molar-refractivity contribution is 0.660. The molecule has 0 spiro atoms. The first-order valence-electron chi connectivity index (χ1n) is 10.1. The highest BCUT2D eigenvalue weighted by Gasteiger charge is 2.35. The molecule has 0 N–H and O–H groups in total. The Bertz CT molecular complexity index is 1090. The zero-order valence-electron chi connectivity index (χ0n) is 16.5. The quantitative estimate of drug-likeness (QED) is 0.470. The molecular formula is C27H25N. The van der Waals surface area contributed by atoms with E-state index in [4.69, 9.17) is 0 Å². The largest absolute Gasteiger partial charge is 0.314 e. The van der Waals surface area contributed by atoms with Crippen LogP contribution in [-0.2, 0) is 5.41 Å². The molecule has 1 heteroatoms. The van der Waals surface area contributed by atoms with Gasteiger partial charge in [-0.3, -0.25) is 0 Å². The summed E-state index contributed by atoms with van der Waals surface area (Å²) in [4.78, 5) is 2.42. The van der Waals surface area contributed by atoms with Crippen molar-refractivity contribution in [2.24, 2.45) is 0 Å². The van der Waals surface area contributed by atoms with Gasteiger partial charge in [-0.1, -0.05) is 74.5 Å². The topological polar surface area (TPSA) is 3.24 Å². The summed E-state index contributed by atoms with van der Waals surface area (Å²) in [6.45, 7) is 4.69. The molecule has 0 saturated carbocycles. The van der Waals surface area contributed by atoms with Gasteiger partial charge in [0.1, 0.15) is 0 Å². The standard InChI is InChI=1S/C27H25N/c1-27(2)25-16-10-9-15-23(25)24-18-17-22(19-26(24)27)28(20-11-5-3-6-12-20)21-13-7-4-8-14-21/h3-7,9-13,15-19H,8,14H2,1-2H3. The van der Waals surface area contributed by atoms with E-state index in [1.54, 1.807) is 0 Å². The Labute approximate surface area is 167 Å². The number of rotatable bonds is 3. The third-order valence-corrected chi connectivity index (χ3v) is 6.12. The second kappa shape index (κ2) is 6.53. The molecule has 3 aromatic rings. The molecule has 0 heterocycles. The minimum Gasteiger partial charge on any atom is -0.314 e. The van der Waals surface area contributed by atoms with Crippen LogP contribution in [0.1, 0.15) is 37.8 Å². The van der Waals surface area contributed by atoms with Gasteiger partial charge < -0.3 is 4.90 Å². The van der Waals surface area contributed by atoms with Crippen LogP contribution >= 0.6 is 0 Å². The van der Waals surface area contributed by atoms with Crippen molar-refractivity contribution in [1.82, 2.24) is 0 Å². The minimum absolute atomic E-state index is 0.0190. The molecule has 0 fully saturated rings. The fraction of sp³-hybridized carbons (Fsp3) is 0.185. The van der Waals surface area contributed by atoms with Gasteiger partial charge in [-0.05, 0) is 65.4 Å². The zero-order valence-corrected chi connectivity index (χ0v) is 16.5. The first-order valence-corrected chi connectivity index (χ1v) is 10.1. The van der Waals surface area contributed by atoms with Crippen LogP contribution in [0.2, 0.25) is 0 Å². The highest BCUT2D eigenvalue weighted by atomic mass is 15.1. The van der Waals surface area contributed by atoms with Gasteiger partial charge in [-0.15, -0.1) is 0 Å². The van der Waals surface area contributed by atoms with Crippen molar-refractivity contribution in [2.75, 3.05) is 4.90 Å². The molecule has 0 radical (unpaired) electrons. The molecule has 2 aliphatic carbocycles. The number of fused-ring (bicyclic) bond motifs is 3. The smallest absolute Gasteiger partial charge is 0.0461 e. The number of hydrogen-bond acceptors (Lipinski definition) is 1. The molecular weight excluding hydrogens is 338 g/mol. The normalized spacial score (nSPS) is 16.3. The van der Waals surface area contributed by atoms with E-state index in [1.807, 2.05) is 0 Å². The Morgan fingerprint density at radius 3 is 2.29 bits per heavy atom. The van der Waals surface area contributed by atoms with E-state index in [2.05, 4.69) is 110 Å². The predicted molar refractivity (Wildman–Crippen MR) is 119 cm³/mol. The van der Waals surface area contributed by atoms with Crippen molar-refractivity contribution >= 4 is 11.4 Å². The van der Waals surface area contributed by atoms with E-state index in [0.717, 1.165) is 12.8 Å². The molecule has 0 unspecified atom stereocenters. The molecule has 2 aliphatic rings. The molecule has 138 valence electrons. The van der Waals surface area contributed by atoms with Crippen LogP contribution in [0.15, 0.2) is 96.7 Å². The van der Waals surface area contributed by atoms with Gasteiger partial charge in [0.2, 0.25) is 0 Å². The number of para-hydroxylation sites is 1. The van der Waals surface area contributed by atoms with E-state index in [0.29, 0.717) is 0 Å². The van der Waals surface area contributed by atoms with Crippen LogP contribution in [0.4, 0.5) is 11.4 Å². The maximum absolute atomic E-state index is 2.42. The minimum atomic E-state index is 0.0190. The van der Waals surface area contributed by atoms with Gasteiger partial charge in [0.05, 0.1) is 0 Å². The number of anilines is 2. The maximum atomic E-state index is 2.42. The molecule has 0 saturated heterocycles. The molecule has 1 nitrogen and oxygen atoms in total. The van der Waals surface area contributed by atoms with E-state index in [-0.39, 0.29) is 5.41 Å². The Morgan fingerprint density at radius 2 is 1.50 bits per heavy atom. The summed E-state index contributed by atoms with van der Waals surface area (Å²) >= 11 is 0. The Hall–Kier alpha value is -3.06. The predicted octanol–water partition coefficient (Wildman–Crippen LogP) is 7.36. The summed E-state index contributed by atoms with van der Waals surface area (Å²) in [5.74, 6) is 0. The van der Waals surface area contributed by atoms with Crippen molar-refractivity contribution < 1.29 is 0 Å². The van der Waals surface area contributed by atoms with Crippen molar-refractivity contribution in [2.45, 2.75) is 32.1 Å². The lowest BCUT2D eigenvalue weighted by Gasteiger charge is -2.30. The van der Waals surface area contributed by atoms with Crippen molar-refractivity contribution in [3.8, 4) is 11.1 Å². The van der Waals surface area contributed by atoms with Gasteiger partial charge >= 0.3 is 0 Å². The average Bonchev–Trinajstić information content (AvgIpc) is 2.97. The third-order valence-electron chi connectivity index (χ3n) is 6.12. The van der Waals surface area contributed by atoms with Gasteiger partial charge in [-0.25, -0.2) is 0 Å². The van der Waals surface area contributed by atoms with E-state index < -0.39 is 0 Å². The number of allylic oxidation sites excluding steroid dienone is 4. The fourth-order valence-corrected chi connectivity index (χ4v) is 4.67. The van der Waals surface area contributed by atoms with Crippen LogP contribution in [-0.4, -0.2) is 0 Å². The van der Waals surface area contributed by atoms with Crippen LogP contribution in [0.25, 0.3) is 11.1 Å². The van der Waals surface area contributed by atoms with Crippen molar-refractivity contribution in [1.29, 1.82) is 0 Å². The van der Waals surface area contributed by atoms with Crippen molar-refractivity contribution in [3.63, 3.8) is 0 Å². The van der Waals surface area contributed by atoms with Gasteiger partial charge in [0.25, 0.3) is 0 Å². The molecule has 0 aromatic heterocycles. The third kappa shape index (κ3) is 2.62. The molecule has 0 atom stereocenters. The van der Waals surface area contributed by atoms with E-state index in [1.165, 1.54) is 39.3 Å². The SMILES string of the molecule is CC1(C)c2ccccc2-c2ccc(N(C3=CC=CCC3)c3ccccc3)cc21. The summed E-state index contributed by atoms with van der Waals surface area (Å²) in [6, 6.07) is 26.6. The monoisotopic (exact) mass is 363 g/mol. The summed E-state index contributed by atoms with van der Waals surface area (Å²) in [6.07, 6.45) is 8.84. The molecule has 3 aromatic carbocycles. The number of nitrogens with zero attached hydrogens (tertiary/aromatic N) is 1. The first kappa shape index (κ1) is 17.1. The lowest BCUT2D eigenvalue weighted by Crippen LogP contribution is -2.19. The highest BCUT2D eigenvalue weighted by molar-refractivity contribution is 5.83. The van der Waals surface area contributed by atoms with Gasteiger partial charge in [0.15, 0.2) is 0 Å². The summed E-state index contributed by atoms with van der Waals surface area (Å²) in [7, 11) is 0. The first-order chi connectivity index (χ1) is 13.7. The van der Waals surface area contributed by atoms with E-state index >= 15 is 0 Å². The molecule has 5 rings (SSSR count). The number of benzene rings is 3. The lowest BCUT2D eigenvalue weighted by atomic mass is 9.82. The van der Waals surface area contributed by atoms with Crippen LogP contribution < -0.4 is 4.90 Å². The average molecular weight is 364 g/mol. The highest BCUT2D eigenvalue weighted by Crippen LogP contribution is 2.50. The second-order valence-electron chi connectivity index (χ2n) is 8.20. The zero-order chi connectivity index (χ0) is 19.1. The van der Waals surface area contributed by atoms with Crippen LogP contribution in [0, 0.1) is 0 Å². The Kier molecular flexibility index (Phi) is 3.98. The number of hydrogen-bond donors (Lipinski definition) is 0. The van der Waals surface area contributed by atoms with Gasteiger partial charge in [-0.2, -0.15) is 0 Å².